The number of nitrogens with one attached hydrogen (secondary N) is 1. The van der Waals surface area contributed by atoms with Gasteiger partial charge in [0.2, 0.25) is 11.8 Å². The van der Waals surface area contributed by atoms with E-state index in [4.69, 9.17) is 23.7 Å². The Hall–Kier alpha value is -3.30. The molecule has 10 nitrogen and oxygen atoms in total. The Morgan fingerprint density at radius 1 is 1.27 bits per heavy atom. The Bertz CT molecular complexity index is 1250. The van der Waals surface area contributed by atoms with E-state index in [0.717, 1.165) is 33.4 Å². The lowest BCUT2D eigenvalue weighted by atomic mass is 10.0. The first-order chi connectivity index (χ1) is 15.5. The summed E-state index contributed by atoms with van der Waals surface area (Å²) in [4.78, 5) is 51.4. The van der Waals surface area contributed by atoms with Gasteiger partial charge in [0, 0.05) is 36.7 Å². The van der Waals surface area contributed by atoms with E-state index >= 15 is 0 Å². The third-order valence-electron chi connectivity index (χ3n) is 4.98. The molecule has 0 bridgehead atoms. The summed E-state index contributed by atoms with van der Waals surface area (Å²) in [5, 5.41) is 3.82. The van der Waals surface area contributed by atoms with E-state index in [0.29, 0.717) is 25.2 Å². The van der Waals surface area contributed by atoms with Gasteiger partial charge >= 0.3 is 7.82 Å². The minimum absolute atomic E-state index is 0.0130. The maximum absolute atomic E-state index is 12.5. The summed E-state index contributed by atoms with van der Waals surface area (Å²) in [6, 6.07) is 9.81. The van der Waals surface area contributed by atoms with Crippen LogP contribution in [0, 0.1) is 6.92 Å². The van der Waals surface area contributed by atoms with Gasteiger partial charge in [-0.1, -0.05) is 18.2 Å². The Labute approximate surface area is 189 Å². The van der Waals surface area contributed by atoms with Crippen LogP contribution in [0.4, 0.5) is 5.82 Å². The molecule has 3 heterocycles. The topological polar surface area (TPSA) is 153 Å². The monoisotopic (exact) mass is 473 g/mol. The highest BCUT2D eigenvalue weighted by molar-refractivity contribution is 7.45. The van der Waals surface area contributed by atoms with Crippen molar-refractivity contribution < 1.29 is 33.3 Å². The van der Waals surface area contributed by atoms with Gasteiger partial charge in [-0.05, 0) is 42.7 Å². The van der Waals surface area contributed by atoms with Gasteiger partial charge in [-0.3, -0.25) is 9.59 Å². The maximum atomic E-state index is 12.5. The highest BCUT2D eigenvalue weighted by atomic mass is 31.2. The van der Waals surface area contributed by atoms with Gasteiger partial charge in [0.05, 0.1) is 6.54 Å². The fourth-order valence-electron chi connectivity index (χ4n) is 3.33. The number of likely N-dealkylation sites (N-methyl/N-ethyl adjacent to an activating group) is 1. The Balaban J connectivity index is 0.000000555. The standard InChI is InChI=1S/C22H21N3O3.H3O4P/c1-14-17-5-3-4-6-18(17)28-19(14)13-25(2)21(27)10-7-15-11-16-8-9-20(26)24-22(16)23-12-15;1-5(2,3)4/h3-7,10-12H,8-9,13H2,1-2H3,(H,23,24,26);(H3,1,2,3,4)/b10-7+;. The smallest absolute Gasteiger partial charge is 0.459 e. The molecule has 2 amide bonds. The van der Waals surface area contributed by atoms with E-state index in [2.05, 4.69) is 10.3 Å². The zero-order valence-electron chi connectivity index (χ0n) is 18.1. The summed E-state index contributed by atoms with van der Waals surface area (Å²) < 4.78 is 14.8. The van der Waals surface area contributed by atoms with Gasteiger partial charge in [-0.15, -0.1) is 0 Å². The summed E-state index contributed by atoms with van der Waals surface area (Å²) in [6.45, 7) is 2.41. The van der Waals surface area contributed by atoms with Crippen LogP contribution in [0.15, 0.2) is 47.0 Å². The highest BCUT2D eigenvalue weighted by Gasteiger charge is 2.16. The maximum Gasteiger partial charge on any atom is 0.466 e. The fraction of sp³-hybridized carbons (Fsp3) is 0.227. The minimum atomic E-state index is -4.64. The van der Waals surface area contributed by atoms with Crippen LogP contribution >= 0.6 is 7.82 Å². The van der Waals surface area contributed by atoms with Crippen molar-refractivity contribution in [1.29, 1.82) is 0 Å². The van der Waals surface area contributed by atoms with Crippen LogP contribution in [0.5, 0.6) is 0 Å². The van der Waals surface area contributed by atoms with Gasteiger partial charge in [-0.2, -0.15) is 0 Å². The molecular formula is C22H24N3O7P. The summed E-state index contributed by atoms with van der Waals surface area (Å²) >= 11 is 0. The molecule has 4 N–H and O–H groups in total. The van der Waals surface area contributed by atoms with Crippen LogP contribution in [-0.2, 0) is 27.1 Å². The van der Waals surface area contributed by atoms with Crippen molar-refractivity contribution in [3.05, 3.63) is 65.1 Å². The average molecular weight is 473 g/mol. The molecule has 1 aliphatic heterocycles. The number of hydrogen-bond acceptors (Lipinski definition) is 5. The second-order valence-corrected chi connectivity index (χ2v) is 8.54. The molecule has 0 atom stereocenters. The second-order valence-electron chi connectivity index (χ2n) is 7.51. The van der Waals surface area contributed by atoms with Crippen molar-refractivity contribution in [2.45, 2.75) is 26.3 Å². The van der Waals surface area contributed by atoms with Crippen molar-refractivity contribution in [2.75, 3.05) is 12.4 Å². The molecule has 33 heavy (non-hydrogen) atoms. The largest absolute Gasteiger partial charge is 0.466 e. The fourth-order valence-corrected chi connectivity index (χ4v) is 3.33. The zero-order valence-corrected chi connectivity index (χ0v) is 19.0. The normalized spacial score (nSPS) is 13.3. The zero-order chi connectivity index (χ0) is 24.2. The van der Waals surface area contributed by atoms with Crippen LogP contribution in [0.2, 0.25) is 0 Å². The molecule has 0 fully saturated rings. The Morgan fingerprint density at radius 3 is 2.67 bits per heavy atom. The molecule has 1 aliphatic rings. The van der Waals surface area contributed by atoms with Crippen molar-refractivity contribution >= 4 is 42.5 Å². The number of furan rings is 1. The molecule has 3 aromatic rings. The molecule has 2 aromatic heterocycles. The van der Waals surface area contributed by atoms with E-state index in [9.17, 15) is 9.59 Å². The predicted octanol–water partition coefficient (Wildman–Crippen LogP) is 2.76. The molecular weight excluding hydrogens is 449 g/mol. The van der Waals surface area contributed by atoms with Gasteiger partial charge in [0.15, 0.2) is 0 Å². The number of anilines is 1. The number of carbonyl (C=O) groups excluding carboxylic acids is 2. The van der Waals surface area contributed by atoms with Crippen LogP contribution in [0.3, 0.4) is 0 Å². The van der Waals surface area contributed by atoms with Gasteiger partial charge < -0.3 is 29.3 Å². The lowest BCUT2D eigenvalue weighted by Crippen LogP contribution is -2.24. The molecule has 0 saturated heterocycles. The summed E-state index contributed by atoms with van der Waals surface area (Å²) in [5.41, 5.74) is 3.70. The predicted molar refractivity (Wildman–Crippen MR) is 122 cm³/mol. The number of hydrogen-bond donors (Lipinski definition) is 4. The van der Waals surface area contributed by atoms with Crippen molar-refractivity contribution in [1.82, 2.24) is 9.88 Å². The minimum Gasteiger partial charge on any atom is -0.459 e. The highest BCUT2D eigenvalue weighted by Crippen LogP contribution is 2.26. The molecule has 11 heteroatoms. The number of aromatic nitrogens is 1. The summed E-state index contributed by atoms with van der Waals surface area (Å²) in [7, 11) is -2.89. The van der Waals surface area contributed by atoms with Crippen molar-refractivity contribution in [3.63, 3.8) is 0 Å². The number of para-hydroxylation sites is 1. The van der Waals surface area contributed by atoms with Crippen LogP contribution in [0.25, 0.3) is 17.0 Å². The first-order valence-electron chi connectivity index (χ1n) is 9.98. The van der Waals surface area contributed by atoms with Crippen LogP contribution in [0.1, 0.15) is 28.9 Å². The van der Waals surface area contributed by atoms with Gasteiger partial charge in [-0.25, -0.2) is 9.55 Å². The number of amides is 2. The molecule has 0 spiro atoms. The Kier molecular flexibility index (Phi) is 7.45. The van der Waals surface area contributed by atoms with Crippen LogP contribution < -0.4 is 5.32 Å². The number of rotatable bonds is 4. The SMILES string of the molecule is Cc1c(CN(C)C(=O)/C=C/c2cnc3c(c2)CCC(=O)N3)oc2ccccc12.O=P(O)(O)O. The van der Waals surface area contributed by atoms with E-state index in [1.54, 1.807) is 24.2 Å². The number of aryl methyl sites for hydroxylation is 2. The number of benzene rings is 1. The first kappa shape index (κ1) is 24.3. The number of pyridine rings is 1. The van der Waals surface area contributed by atoms with Gasteiger partial charge in [0.25, 0.3) is 0 Å². The lowest BCUT2D eigenvalue weighted by molar-refractivity contribution is -0.125. The molecule has 0 radical (unpaired) electrons. The first-order valence-corrected chi connectivity index (χ1v) is 11.5. The summed E-state index contributed by atoms with van der Waals surface area (Å²) in [6.07, 6.45) is 6.05. The van der Waals surface area contributed by atoms with Gasteiger partial charge in [0.1, 0.15) is 17.2 Å². The van der Waals surface area contributed by atoms with E-state index in [-0.39, 0.29) is 11.8 Å². The molecule has 0 saturated carbocycles. The third kappa shape index (κ3) is 6.84. The van der Waals surface area contributed by atoms with E-state index in [1.807, 2.05) is 37.3 Å². The van der Waals surface area contributed by atoms with Crippen molar-refractivity contribution in [3.8, 4) is 0 Å². The third-order valence-corrected chi connectivity index (χ3v) is 4.98. The number of phosphoric acid groups is 1. The molecule has 0 aliphatic carbocycles. The number of fused-ring (bicyclic) bond motifs is 2. The van der Waals surface area contributed by atoms with E-state index in [1.165, 1.54) is 6.08 Å². The van der Waals surface area contributed by atoms with E-state index < -0.39 is 7.82 Å². The number of nitrogens with zero attached hydrogens (tertiary/aromatic N) is 2. The van der Waals surface area contributed by atoms with Crippen LogP contribution in [-0.4, -0.2) is 43.4 Å². The van der Waals surface area contributed by atoms with Crippen molar-refractivity contribution in [2.24, 2.45) is 0 Å². The average Bonchev–Trinajstić information content (AvgIpc) is 3.06. The molecule has 174 valence electrons. The molecule has 1 aromatic carbocycles. The summed E-state index contributed by atoms with van der Waals surface area (Å²) in [5.74, 6) is 1.26. The molecule has 0 unspecified atom stereocenters. The quantitative estimate of drug-likeness (QED) is 0.333. The number of carbonyl (C=O) groups is 2. The molecule has 4 rings (SSSR count). The Morgan fingerprint density at radius 2 is 1.97 bits per heavy atom. The second kappa shape index (κ2) is 10.1. The lowest BCUT2D eigenvalue weighted by Gasteiger charge is -2.16.